The molecule has 1 heterocycles. The maximum Gasteiger partial charge on any atom is 0.338 e. The quantitative estimate of drug-likeness (QED) is 0.663. The Balaban J connectivity index is 1.61. The number of amides is 1. The zero-order valence-electron chi connectivity index (χ0n) is 17.8. The van der Waals surface area contributed by atoms with Gasteiger partial charge in [0.25, 0.3) is 5.91 Å². The third-order valence-corrected chi connectivity index (χ3v) is 7.16. The summed E-state index contributed by atoms with van der Waals surface area (Å²) in [4.78, 5) is 24.9. The summed E-state index contributed by atoms with van der Waals surface area (Å²) in [5.41, 5.74) is 2.16. The molecule has 8 heteroatoms. The van der Waals surface area contributed by atoms with Crippen molar-refractivity contribution in [1.82, 2.24) is 9.62 Å². The standard InChI is InChI=1S/C23H28N2O5S/c1-17-9-11-19(12-10-17)16-24-22(26)18(2)30-23(27)20-7-6-8-21(15-20)31(28,29)25-13-4-3-5-14-25/h6-12,15,18H,3-5,13-14,16H2,1-2H3,(H,24,26). The van der Waals surface area contributed by atoms with Gasteiger partial charge in [-0.25, -0.2) is 13.2 Å². The van der Waals surface area contributed by atoms with Gasteiger partial charge in [0.05, 0.1) is 10.5 Å². The molecule has 0 aliphatic carbocycles. The van der Waals surface area contributed by atoms with E-state index in [0.29, 0.717) is 19.6 Å². The molecular weight excluding hydrogens is 416 g/mol. The second-order valence-electron chi connectivity index (χ2n) is 7.74. The number of piperidine rings is 1. The topological polar surface area (TPSA) is 92.8 Å². The van der Waals surface area contributed by atoms with Gasteiger partial charge >= 0.3 is 5.97 Å². The van der Waals surface area contributed by atoms with Gasteiger partial charge in [0, 0.05) is 19.6 Å². The summed E-state index contributed by atoms with van der Waals surface area (Å²) in [5.74, 6) is -1.17. The fourth-order valence-electron chi connectivity index (χ4n) is 3.36. The van der Waals surface area contributed by atoms with Crippen LogP contribution in [0.1, 0.15) is 47.7 Å². The number of carbonyl (C=O) groups excluding carboxylic acids is 2. The summed E-state index contributed by atoms with van der Waals surface area (Å²) < 4.78 is 32.4. The highest BCUT2D eigenvalue weighted by Crippen LogP contribution is 2.21. The largest absolute Gasteiger partial charge is 0.449 e. The fourth-order valence-corrected chi connectivity index (χ4v) is 4.92. The Bertz CT molecular complexity index is 1030. The molecule has 1 amide bonds. The normalized spacial score (nSPS) is 15.8. The van der Waals surface area contributed by atoms with Gasteiger partial charge in [-0.1, -0.05) is 42.3 Å². The molecule has 1 aliphatic rings. The van der Waals surface area contributed by atoms with E-state index in [2.05, 4.69) is 5.32 Å². The van der Waals surface area contributed by atoms with E-state index in [-0.39, 0.29) is 10.5 Å². The van der Waals surface area contributed by atoms with Crippen molar-refractivity contribution in [3.05, 3.63) is 65.2 Å². The second-order valence-corrected chi connectivity index (χ2v) is 9.68. The number of aryl methyl sites for hydroxylation is 1. The van der Waals surface area contributed by atoms with Crippen molar-refractivity contribution in [3.63, 3.8) is 0 Å². The van der Waals surface area contributed by atoms with Crippen molar-refractivity contribution in [2.24, 2.45) is 0 Å². The summed E-state index contributed by atoms with van der Waals surface area (Å²) in [6, 6.07) is 13.5. The molecule has 1 saturated heterocycles. The molecule has 1 N–H and O–H groups in total. The van der Waals surface area contributed by atoms with E-state index >= 15 is 0 Å². The van der Waals surface area contributed by atoms with Crippen LogP contribution in [0.25, 0.3) is 0 Å². The molecule has 1 aliphatic heterocycles. The molecule has 0 aromatic heterocycles. The molecule has 3 rings (SSSR count). The molecule has 0 radical (unpaired) electrons. The van der Waals surface area contributed by atoms with E-state index in [9.17, 15) is 18.0 Å². The van der Waals surface area contributed by atoms with Crippen LogP contribution in [-0.4, -0.2) is 43.8 Å². The van der Waals surface area contributed by atoms with Crippen molar-refractivity contribution in [2.45, 2.75) is 50.7 Å². The summed E-state index contributed by atoms with van der Waals surface area (Å²) in [7, 11) is -3.66. The first kappa shape index (κ1) is 23.0. The Kier molecular flexibility index (Phi) is 7.46. The Morgan fingerprint density at radius 1 is 1.06 bits per heavy atom. The highest BCUT2D eigenvalue weighted by Gasteiger charge is 2.27. The van der Waals surface area contributed by atoms with Gasteiger partial charge in [-0.3, -0.25) is 4.79 Å². The average Bonchev–Trinajstić information content (AvgIpc) is 2.79. The fraction of sp³-hybridized carbons (Fsp3) is 0.391. The number of hydrogen-bond donors (Lipinski definition) is 1. The summed E-state index contributed by atoms with van der Waals surface area (Å²) >= 11 is 0. The van der Waals surface area contributed by atoms with E-state index in [1.54, 1.807) is 0 Å². The minimum Gasteiger partial charge on any atom is -0.449 e. The van der Waals surface area contributed by atoms with E-state index in [0.717, 1.165) is 30.4 Å². The number of sulfonamides is 1. The number of nitrogens with zero attached hydrogens (tertiary/aromatic N) is 1. The molecule has 2 aromatic rings. The van der Waals surface area contributed by atoms with Gasteiger partial charge in [0.1, 0.15) is 0 Å². The molecule has 0 spiro atoms. The Labute approximate surface area is 183 Å². The Morgan fingerprint density at radius 2 is 1.74 bits per heavy atom. The highest BCUT2D eigenvalue weighted by molar-refractivity contribution is 7.89. The van der Waals surface area contributed by atoms with Crippen LogP contribution in [0.3, 0.4) is 0 Å². The number of nitrogens with one attached hydrogen (secondary N) is 1. The number of rotatable bonds is 7. The maximum atomic E-state index is 12.8. The molecule has 1 unspecified atom stereocenters. The molecule has 31 heavy (non-hydrogen) atoms. The average molecular weight is 445 g/mol. The lowest BCUT2D eigenvalue weighted by molar-refractivity contribution is -0.129. The van der Waals surface area contributed by atoms with Crippen LogP contribution in [0.4, 0.5) is 0 Å². The molecule has 1 fully saturated rings. The monoisotopic (exact) mass is 444 g/mol. The lowest BCUT2D eigenvalue weighted by Crippen LogP contribution is -2.36. The van der Waals surface area contributed by atoms with Crippen LogP contribution in [-0.2, 0) is 26.1 Å². The van der Waals surface area contributed by atoms with E-state index in [1.165, 1.54) is 35.5 Å². The number of ether oxygens (including phenoxy) is 1. The van der Waals surface area contributed by atoms with E-state index in [1.807, 2.05) is 31.2 Å². The molecule has 166 valence electrons. The predicted molar refractivity (Wildman–Crippen MR) is 117 cm³/mol. The van der Waals surface area contributed by atoms with Gasteiger partial charge in [-0.15, -0.1) is 0 Å². The minimum atomic E-state index is -3.66. The van der Waals surface area contributed by atoms with Crippen LogP contribution in [0.5, 0.6) is 0 Å². The van der Waals surface area contributed by atoms with Crippen LogP contribution in [0.2, 0.25) is 0 Å². The first-order chi connectivity index (χ1) is 14.8. The summed E-state index contributed by atoms with van der Waals surface area (Å²) in [6.07, 6.45) is 1.66. The van der Waals surface area contributed by atoms with E-state index in [4.69, 9.17) is 4.74 Å². The lowest BCUT2D eigenvalue weighted by atomic mass is 10.1. The summed E-state index contributed by atoms with van der Waals surface area (Å²) in [6.45, 7) is 4.75. The van der Waals surface area contributed by atoms with Crippen LogP contribution >= 0.6 is 0 Å². The highest BCUT2D eigenvalue weighted by atomic mass is 32.2. The van der Waals surface area contributed by atoms with Crippen LogP contribution in [0.15, 0.2) is 53.4 Å². The SMILES string of the molecule is Cc1ccc(CNC(=O)C(C)OC(=O)c2cccc(S(=O)(=O)N3CCCCC3)c2)cc1. The minimum absolute atomic E-state index is 0.0559. The van der Waals surface area contributed by atoms with Gasteiger partial charge in [-0.2, -0.15) is 4.31 Å². The van der Waals surface area contributed by atoms with Gasteiger partial charge in [0.15, 0.2) is 6.10 Å². The summed E-state index contributed by atoms with van der Waals surface area (Å²) in [5, 5.41) is 2.73. The zero-order chi connectivity index (χ0) is 22.4. The van der Waals surface area contributed by atoms with Crippen LogP contribution < -0.4 is 5.32 Å². The zero-order valence-corrected chi connectivity index (χ0v) is 18.7. The second kappa shape index (κ2) is 10.1. The number of esters is 1. The molecule has 7 nitrogen and oxygen atoms in total. The smallest absolute Gasteiger partial charge is 0.338 e. The van der Waals surface area contributed by atoms with Crippen molar-refractivity contribution in [2.75, 3.05) is 13.1 Å². The first-order valence-electron chi connectivity index (χ1n) is 10.4. The Morgan fingerprint density at radius 3 is 2.42 bits per heavy atom. The van der Waals surface area contributed by atoms with Crippen LogP contribution in [0, 0.1) is 6.92 Å². The molecule has 2 aromatic carbocycles. The van der Waals surface area contributed by atoms with Crippen molar-refractivity contribution >= 4 is 21.9 Å². The maximum absolute atomic E-state index is 12.8. The predicted octanol–water partition coefficient (Wildman–Crippen LogP) is 3.03. The third kappa shape index (κ3) is 5.92. The molecule has 0 saturated carbocycles. The number of hydrogen-bond acceptors (Lipinski definition) is 5. The van der Waals surface area contributed by atoms with Gasteiger partial charge in [0.2, 0.25) is 10.0 Å². The first-order valence-corrected chi connectivity index (χ1v) is 11.9. The van der Waals surface area contributed by atoms with E-state index < -0.39 is 28.0 Å². The number of carbonyl (C=O) groups is 2. The third-order valence-electron chi connectivity index (χ3n) is 5.26. The Hall–Kier alpha value is -2.71. The van der Waals surface area contributed by atoms with Gasteiger partial charge < -0.3 is 10.1 Å². The molecular formula is C23H28N2O5S. The number of benzene rings is 2. The molecule has 0 bridgehead atoms. The van der Waals surface area contributed by atoms with Crippen molar-refractivity contribution in [1.29, 1.82) is 0 Å². The lowest BCUT2D eigenvalue weighted by Gasteiger charge is -2.26. The molecule has 1 atom stereocenters. The van der Waals surface area contributed by atoms with Gasteiger partial charge in [-0.05, 0) is 50.5 Å². The van der Waals surface area contributed by atoms with Crippen molar-refractivity contribution < 1.29 is 22.7 Å². The van der Waals surface area contributed by atoms with Crippen molar-refractivity contribution in [3.8, 4) is 0 Å².